The third-order valence-corrected chi connectivity index (χ3v) is 2.41. The lowest BCUT2D eigenvalue weighted by atomic mass is 10.2. The average Bonchev–Trinajstić information content (AvgIpc) is 2.36. The number of aliphatic imine (C=N–C) groups is 1. The Hall–Kier alpha value is -1.75. The Bertz CT molecular complexity index is 400. The van der Waals surface area contributed by atoms with Gasteiger partial charge >= 0.3 is 0 Å². The summed E-state index contributed by atoms with van der Waals surface area (Å²) in [5.74, 6) is 6.68. The van der Waals surface area contributed by atoms with Crippen LogP contribution in [-0.2, 0) is 0 Å². The van der Waals surface area contributed by atoms with Gasteiger partial charge in [-0.05, 0) is 39.3 Å². The first-order valence-electron chi connectivity index (χ1n) is 5.78. The van der Waals surface area contributed by atoms with E-state index in [0.717, 1.165) is 23.7 Å². The molecule has 0 atom stereocenters. The minimum absolute atomic E-state index is 0.886. The van der Waals surface area contributed by atoms with Gasteiger partial charge in [-0.15, -0.1) is 5.92 Å². The van der Waals surface area contributed by atoms with Gasteiger partial charge in [-0.2, -0.15) is 0 Å². The van der Waals surface area contributed by atoms with Gasteiger partial charge in [-0.1, -0.05) is 25.5 Å². The van der Waals surface area contributed by atoms with Crippen molar-refractivity contribution in [3.05, 3.63) is 36.2 Å². The molecule has 92 valence electrons. The maximum absolute atomic E-state index is 4.23. The first-order chi connectivity index (χ1) is 8.12. The van der Waals surface area contributed by atoms with Crippen LogP contribution in [0.1, 0.15) is 34.1 Å². The Kier molecular flexibility index (Phi) is 7.54. The summed E-state index contributed by atoms with van der Waals surface area (Å²) in [6, 6.07) is 0. The minimum Gasteiger partial charge on any atom is -0.304 e. The second-order valence-corrected chi connectivity index (χ2v) is 3.47. The largest absolute Gasteiger partial charge is 0.304 e. The summed E-state index contributed by atoms with van der Waals surface area (Å²) in [5, 5.41) is 0. The molecule has 0 N–H and O–H groups in total. The van der Waals surface area contributed by atoms with Gasteiger partial charge in [0, 0.05) is 18.4 Å². The molecule has 0 aromatic heterocycles. The molecule has 0 aliphatic rings. The highest BCUT2D eigenvalue weighted by molar-refractivity contribution is 5.83. The predicted molar refractivity (Wildman–Crippen MR) is 76.7 cm³/mol. The van der Waals surface area contributed by atoms with E-state index >= 15 is 0 Å². The zero-order valence-electron chi connectivity index (χ0n) is 11.5. The van der Waals surface area contributed by atoms with Gasteiger partial charge in [0.15, 0.2) is 0 Å². The lowest BCUT2D eigenvalue weighted by Crippen LogP contribution is -2.26. The van der Waals surface area contributed by atoms with Gasteiger partial charge in [0.2, 0.25) is 0 Å². The second-order valence-electron chi connectivity index (χ2n) is 3.47. The molecule has 0 saturated carbocycles. The Labute approximate surface area is 105 Å². The van der Waals surface area contributed by atoms with Crippen LogP contribution in [0.3, 0.4) is 0 Å². The van der Waals surface area contributed by atoms with Gasteiger partial charge in [-0.3, -0.25) is 4.99 Å². The van der Waals surface area contributed by atoms with Crippen LogP contribution in [0.25, 0.3) is 0 Å². The first-order valence-corrected chi connectivity index (χ1v) is 5.78. The summed E-state index contributed by atoms with van der Waals surface area (Å²) in [4.78, 5) is 6.28. The molecule has 0 rings (SSSR count). The molecule has 0 spiro atoms. The summed E-state index contributed by atoms with van der Waals surface area (Å²) in [5.41, 5.74) is 2.07. The highest BCUT2D eigenvalue weighted by Crippen LogP contribution is 2.16. The number of amidine groups is 1. The van der Waals surface area contributed by atoms with Crippen LogP contribution in [-0.4, -0.2) is 17.8 Å². The highest BCUT2D eigenvalue weighted by atomic mass is 15.2. The van der Waals surface area contributed by atoms with Crippen molar-refractivity contribution in [3.63, 3.8) is 0 Å². The summed E-state index contributed by atoms with van der Waals surface area (Å²) >= 11 is 0. The molecule has 0 aromatic rings. The van der Waals surface area contributed by atoms with E-state index in [-0.39, 0.29) is 0 Å². The Balaban J connectivity index is 5.26. The molecule has 0 aliphatic heterocycles. The standard InChI is InChI=1S/C15H22N2/c1-7-10-11-12-15(9-3)17(13(4)8-2)14(5)16-6/h9,11-12H,4,8H2,1-3,5-6H3/b12-11-,15-9+,16-14?. The van der Waals surface area contributed by atoms with Gasteiger partial charge < -0.3 is 4.90 Å². The van der Waals surface area contributed by atoms with Crippen molar-refractivity contribution in [1.29, 1.82) is 0 Å². The molecule has 0 heterocycles. The van der Waals surface area contributed by atoms with E-state index in [2.05, 4.69) is 30.3 Å². The van der Waals surface area contributed by atoms with Crippen LogP contribution < -0.4 is 0 Å². The number of hydrogen-bond acceptors (Lipinski definition) is 1. The van der Waals surface area contributed by atoms with E-state index < -0.39 is 0 Å². The molecule has 0 aliphatic carbocycles. The van der Waals surface area contributed by atoms with Crippen LogP contribution >= 0.6 is 0 Å². The van der Waals surface area contributed by atoms with Crippen molar-refractivity contribution < 1.29 is 0 Å². The first kappa shape index (κ1) is 15.2. The van der Waals surface area contributed by atoms with E-state index in [1.165, 1.54) is 0 Å². The number of rotatable bonds is 4. The van der Waals surface area contributed by atoms with E-state index in [1.807, 2.05) is 43.9 Å². The molecule has 2 nitrogen and oxygen atoms in total. The van der Waals surface area contributed by atoms with Crippen molar-refractivity contribution in [2.24, 2.45) is 4.99 Å². The van der Waals surface area contributed by atoms with Crippen molar-refractivity contribution in [1.82, 2.24) is 4.90 Å². The van der Waals surface area contributed by atoms with E-state index in [9.17, 15) is 0 Å². The molecule has 0 saturated heterocycles. The Morgan fingerprint density at radius 1 is 1.47 bits per heavy atom. The van der Waals surface area contributed by atoms with Crippen LogP contribution in [0.5, 0.6) is 0 Å². The average molecular weight is 230 g/mol. The molecule has 0 fully saturated rings. The monoisotopic (exact) mass is 230 g/mol. The zero-order valence-corrected chi connectivity index (χ0v) is 11.5. The van der Waals surface area contributed by atoms with Gasteiger partial charge in [0.25, 0.3) is 0 Å². The number of nitrogens with zero attached hydrogens (tertiary/aromatic N) is 2. The zero-order chi connectivity index (χ0) is 13.3. The van der Waals surface area contributed by atoms with Gasteiger partial charge in [-0.25, -0.2) is 0 Å². The molecular weight excluding hydrogens is 208 g/mol. The summed E-state index contributed by atoms with van der Waals surface area (Å²) in [7, 11) is 1.79. The molecule has 2 heteroatoms. The Morgan fingerprint density at radius 2 is 2.12 bits per heavy atom. The fourth-order valence-corrected chi connectivity index (χ4v) is 1.37. The van der Waals surface area contributed by atoms with E-state index in [1.54, 1.807) is 7.05 Å². The lowest BCUT2D eigenvalue weighted by Gasteiger charge is -2.26. The fourth-order valence-electron chi connectivity index (χ4n) is 1.37. The third kappa shape index (κ3) is 4.74. The molecular formula is C15H22N2. The summed E-state index contributed by atoms with van der Waals surface area (Å²) in [6.07, 6.45) is 6.74. The number of hydrogen-bond donors (Lipinski definition) is 0. The smallest absolute Gasteiger partial charge is 0.104 e. The van der Waals surface area contributed by atoms with Crippen LogP contribution in [0.2, 0.25) is 0 Å². The second kappa shape index (κ2) is 8.41. The maximum Gasteiger partial charge on any atom is 0.104 e. The van der Waals surface area contributed by atoms with Crippen molar-refractivity contribution in [2.45, 2.75) is 34.1 Å². The van der Waals surface area contributed by atoms with Crippen molar-refractivity contribution in [3.8, 4) is 11.8 Å². The number of allylic oxidation sites excluding steroid dienone is 4. The van der Waals surface area contributed by atoms with Gasteiger partial charge in [0.05, 0.1) is 0 Å². The van der Waals surface area contributed by atoms with E-state index in [0.29, 0.717) is 0 Å². The predicted octanol–water partition coefficient (Wildman–Crippen LogP) is 3.74. The normalized spacial score (nSPS) is 12.3. The van der Waals surface area contributed by atoms with Crippen LogP contribution in [0.15, 0.2) is 41.2 Å². The van der Waals surface area contributed by atoms with E-state index in [4.69, 9.17) is 0 Å². The molecule has 0 radical (unpaired) electrons. The molecule has 17 heavy (non-hydrogen) atoms. The van der Waals surface area contributed by atoms with Gasteiger partial charge in [0.1, 0.15) is 5.84 Å². The lowest BCUT2D eigenvalue weighted by molar-refractivity contribution is 0.618. The summed E-state index contributed by atoms with van der Waals surface area (Å²) in [6.45, 7) is 12.0. The molecule has 0 amide bonds. The summed E-state index contributed by atoms with van der Waals surface area (Å²) < 4.78 is 0. The fraction of sp³-hybridized carbons (Fsp3) is 0.400. The third-order valence-electron chi connectivity index (χ3n) is 2.41. The Morgan fingerprint density at radius 3 is 2.53 bits per heavy atom. The van der Waals surface area contributed by atoms with Crippen molar-refractivity contribution in [2.75, 3.05) is 7.05 Å². The van der Waals surface area contributed by atoms with Crippen LogP contribution in [0.4, 0.5) is 0 Å². The van der Waals surface area contributed by atoms with Crippen LogP contribution in [0, 0.1) is 11.8 Å². The SMILES string of the molecule is C=C(CC)N(C(C)=NC)C(/C=C\C#CC)=C/C. The van der Waals surface area contributed by atoms with Crippen molar-refractivity contribution >= 4 is 5.84 Å². The molecule has 0 aromatic carbocycles. The highest BCUT2D eigenvalue weighted by Gasteiger charge is 2.11. The molecule has 0 bridgehead atoms. The maximum atomic E-state index is 4.23. The quantitative estimate of drug-likeness (QED) is 0.311. The topological polar surface area (TPSA) is 15.6 Å². The molecule has 0 unspecified atom stereocenters. The minimum atomic E-state index is 0.886.